The molecule has 0 aliphatic heterocycles. The minimum absolute atomic E-state index is 0.100. The fourth-order valence-corrected chi connectivity index (χ4v) is 1.52. The molecule has 1 aromatic carbocycles. The summed E-state index contributed by atoms with van der Waals surface area (Å²) < 4.78 is 12.0. The molecule has 0 aliphatic carbocycles. The highest BCUT2D eigenvalue weighted by Gasteiger charge is 2.07. The van der Waals surface area contributed by atoms with E-state index in [9.17, 15) is 4.79 Å². The fraction of sp³-hybridized carbons (Fsp3) is 0.308. The lowest BCUT2D eigenvalue weighted by molar-refractivity contribution is -0.145. The van der Waals surface area contributed by atoms with E-state index in [0.29, 0.717) is 17.3 Å². The molecular formula is C13H16N4O3. The van der Waals surface area contributed by atoms with Crippen molar-refractivity contribution in [1.29, 1.82) is 0 Å². The number of hydrogen-bond donors (Lipinski definition) is 1. The SMILES string of the molecule is Cn1ncnc1COC(=O)CCOc1ccccc1N. The highest BCUT2D eigenvalue weighted by Crippen LogP contribution is 2.19. The number of benzene rings is 1. The van der Waals surface area contributed by atoms with Crippen LogP contribution in [0.2, 0.25) is 0 Å². The molecule has 0 bridgehead atoms. The van der Waals surface area contributed by atoms with E-state index in [4.69, 9.17) is 15.2 Å². The summed E-state index contributed by atoms with van der Waals surface area (Å²) >= 11 is 0. The van der Waals surface area contributed by atoms with Gasteiger partial charge in [-0.05, 0) is 12.1 Å². The van der Waals surface area contributed by atoms with Crippen LogP contribution in [-0.2, 0) is 23.2 Å². The number of anilines is 1. The quantitative estimate of drug-likeness (QED) is 0.622. The number of ether oxygens (including phenoxy) is 2. The van der Waals surface area contributed by atoms with Crippen molar-refractivity contribution in [1.82, 2.24) is 14.8 Å². The molecule has 0 saturated heterocycles. The number of aryl methyl sites for hydroxylation is 1. The van der Waals surface area contributed by atoms with E-state index in [1.165, 1.54) is 6.33 Å². The summed E-state index contributed by atoms with van der Waals surface area (Å²) in [6.07, 6.45) is 1.55. The molecule has 0 unspecified atom stereocenters. The molecule has 20 heavy (non-hydrogen) atoms. The highest BCUT2D eigenvalue weighted by atomic mass is 16.5. The van der Waals surface area contributed by atoms with Crippen LogP contribution in [-0.4, -0.2) is 27.3 Å². The third-order valence-corrected chi connectivity index (χ3v) is 2.65. The zero-order valence-electron chi connectivity index (χ0n) is 11.2. The van der Waals surface area contributed by atoms with Crippen LogP contribution in [0.15, 0.2) is 30.6 Å². The van der Waals surface area contributed by atoms with Gasteiger partial charge in [0.15, 0.2) is 12.4 Å². The van der Waals surface area contributed by atoms with Crippen LogP contribution in [0.25, 0.3) is 0 Å². The number of carbonyl (C=O) groups is 1. The summed E-state index contributed by atoms with van der Waals surface area (Å²) in [6.45, 7) is 0.314. The van der Waals surface area contributed by atoms with Crippen molar-refractivity contribution in [3.8, 4) is 5.75 Å². The second-order valence-electron chi connectivity index (χ2n) is 4.10. The number of carbonyl (C=O) groups excluding carboxylic acids is 1. The number of para-hydroxylation sites is 2. The van der Waals surface area contributed by atoms with Gasteiger partial charge in [-0.1, -0.05) is 12.1 Å². The Balaban J connectivity index is 1.71. The Kier molecular flexibility index (Phi) is 4.54. The second kappa shape index (κ2) is 6.55. The van der Waals surface area contributed by atoms with Crippen molar-refractivity contribution < 1.29 is 14.3 Å². The van der Waals surface area contributed by atoms with Crippen molar-refractivity contribution in [2.75, 3.05) is 12.3 Å². The molecule has 0 spiro atoms. The van der Waals surface area contributed by atoms with E-state index in [1.54, 1.807) is 23.9 Å². The molecule has 7 heteroatoms. The van der Waals surface area contributed by atoms with E-state index < -0.39 is 0 Å². The Labute approximate surface area is 116 Å². The molecule has 2 N–H and O–H groups in total. The zero-order valence-corrected chi connectivity index (χ0v) is 11.2. The second-order valence-corrected chi connectivity index (χ2v) is 4.10. The Morgan fingerprint density at radius 3 is 2.90 bits per heavy atom. The number of nitrogens with zero attached hydrogens (tertiary/aromatic N) is 3. The number of aromatic nitrogens is 3. The van der Waals surface area contributed by atoms with Crippen LogP contribution < -0.4 is 10.5 Å². The van der Waals surface area contributed by atoms with Crippen molar-refractivity contribution in [2.45, 2.75) is 13.0 Å². The van der Waals surface area contributed by atoms with E-state index in [2.05, 4.69) is 10.1 Å². The number of esters is 1. The largest absolute Gasteiger partial charge is 0.491 e. The topological polar surface area (TPSA) is 92.3 Å². The third-order valence-electron chi connectivity index (χ3n) is 2.65. The van der Waals surface area contributed by atoms with Crippen LogP contribution in [0, 0.1) is 0 Å². The average molecular weight is 276 g/mol. The molecule has 2 rings (SSSR count). The van der Waals surface area contributed by atoms with Gasteiger partial charge in [0.05, 0.1) is 18.7 Å². The molecule has 0 aliphatic rings. The van der Waals surface area contributed by atoms with E-state index in [-0.39, 0.29) is 25.6 Å². The lowest BCUT2D eigenvalue weighted by Crippen LogP contribution is -2.12. The zero-order chi connectivity index (χ0) is 14.4. The molecule has 7 nitrogen and oxygen atoms in total. The van der Waals surface area contributed by atoms with Gasteiger partial charge in [-0.25, -0.2) is 4.98 Å². The maximum atomic E-state index is 11.5. The van der Waals surface area contributed by atoms with Gasteiger partial charge in [0, 0.05) is 7.05 Å². The minimum atomic E-state index is -0.359. The first kappa shape index (κ1) is 13.9. The summed E-state index contributed by atoms with van der Waals surface area (Å²) in [6, 6.07) is 7.12. The Morgan fingerprint density at radius 2 is 2.20 bits per heavy atom. The smallest absolute Gasteiger partial charge is 0.309 e. The minimum Gasteiger partial charge on any atom is -0.491 e. The van der Waals surface area contributed by atoms with Crippen LogP contribution in [0.4, 0.5) is 5.69 Å². The van der Waals surface area contributed by atoms with Gasteiger partial charge in [-0.2, -0.15) is 5.10 Å². The maximum absolute atomic E-state index is 11.5. The maximum Gasteiger partial charge on any atom is 0.309 e. The van der Waals surface area contributed by atoms with E-state index >= 15 is 0 Å². The normalized spacial score (nSPS) is 10.2. The van der Waals surface area contributed by atoms with Gasteiger partial charge in [-0.3, -0.25) is 9.48 Å². The summed E-state index contributed by atoms with van der Waals surface area (Å²) in [5.74, 6) is 0.794. The number of nitrogens with two attached hydrogens (primary N) is 1. The number of rotatable bonds is 6. The predicted octanol–water partition coefficient (Wildman–Crippen LogP) is 0.910. The molecule has 1 aromatic heterocycles. The lowest BCUT2D eigenvalue weighted by Gasteiger charge is -2.08. The highest BCUT2D eigenvalue weighted by molar-refractivity contribution is 5.69. The van der Waals surface area contributed by atoms with Gasteiger partial charge in [0.2, 0.25) is 0 Å². The molecule has 0 amide bonds. The molecule has 0 radical (unpaired) electrons. The van der Waals surface area contributed by atoms with E-state index in [1.807, 2.05) is 12.1 Å². The number of hydrogen-bond acceptors (Lipinski definition) is 6. The molecule has 1 heterocycles. The third kappa shape index (κ3) is 3.71. The Morgan fingerprint density at radius 1 is 1.40 bits per heavy atom. The molecule has 2 aromatic rings. The Hall–Kier alpha value is -2.57. The predicted molar refractivity (Wildman–Crippen MR) is 71.8 cm³/mol. The van der Waals surface area contributed by atoms with Crippen molar-refractivity contribution in [3.05, 3.63) is 36.4 Å². The van der Waals surface area contributed by atoms with Crippen LogP contribution in [0.1, 0.15) is 12.2 Å². The monoisotopic (exact) mass is 276 g/mol. The molecule has 0 atom stereocenters. The fourth-order valence-electron chi connectivity index (χ4n) is 1.52. The van der Waals surface area contributed by atoms with Crippen LogP contribution in [0.3, 0.4) is 0 Å². The Bertz CT molecular complexity index is 583. The van der Waals surface area contributed by atoms with E-state index in [0.717, 1.165) is 0 Å². The first-order valence-electron chi connectivity index (χ1n) is 6.12. The van der Waals surface area contributed by atoms with Crippen molar-refractivity contribution in [2.24, 2.45) is 7.05 Å². The average Bonchev–Trinajstić information content (AvgIpc) is 2.84. The van der Waals surface area contributed by atoms with Gasteiger partial charge in [0.25, 0.3) is 0 Å². The standard InChI is InChI=1S/C13H16N4O3/c1-17-12(15-9-16-17)8-20-13(18)6-7-19-11-5-3-2-4-10(11)14/h2-5,9H,6-8,14H2,1H3. The lowest BCUT2D eigenvalue weighted by atomic mass is 10.3. The van der Waals surface area contributed by atoms with Gasteiger partial charge < -0.3 is 15.2 Å². The summed E-state index contributed by atoms with van der Waals surface area (Å²) in [5, 5.41) is 3.88. The van der Waals surface area contributed by atoms with Crippen LogP contribution in [0.5, 0.6) is 5.75 Å². The molecule has 0 saturated carbocycles. The number of nitrogen functional groups attached to an aromatic ring is 1. The molecule has 0 fully saturated rings. The van der Waals surface area contributed by atoms with Crippen LogP contribution >= 0.6 is 0 Å². The summed E-state index contributed by atoms with van der Waals surface area (Å²) in [4.78, 5) is 15.5. The van der Waals surface area contributed by atoms with Crippen molar-refractivity contribution in [3.63, 3.8) is 0 Å². The first-order valence-corrected chi connectivity index (χ1v) is 6.12. The summed E-state index contributed by atoms with van der Waals surface area (Å²) in [7, 11) is 1.73. The molecule has 106 valence electrons. The first-order chi connectivity index (χ1) is 9.66. The summed E-state index contributed by atoms with van der Waals surface area (Å²) in [5.41, 5.74) is 6.26. The van der Waals surface area contributed by atoms with Gasteiger partial charge in [-0.15, -0.1) is 0 Å². The van der Waals surface area contributed by atoms with Gasteiger partial charge >= 0.3 is 5.97 Å². The van der Waals surface area contributed by atoms with Gasteiger partial charge in [0.1, 0.15) is 12.1 Å². The van der Waals surface area contributed by atoms with Crippen molar-refractivity contribution >= 4 is 11.7 Å². The molecular weight excluding hydrogens is 260 g/mol.